The molecule has 0 aliphatic rings. The smallest absolute Gasteiger partial charge is 0.0724 e. The largest absolute Gasteiger partial charge is 0.309 e. The van der Waals surface area contributed by atoms with Gasteiger partial charge in [-0.25, -0.2) is 0 Å². The summed E-state index contributed by atoms with van der Waals surface area (Å²) in [5.41, 5.74) is 1.05. The Morgan fingerprint density at radius 2 is 1.88 bits per heavy atom. The Hall–Kier alpha value is -0.750. The molecule has 0 bridgehead atoms. The van der Waals surface area contributed by atoms with Crippen LogP contribution in [-0.4, -0.2) is 25.5 Å². The fourth-order valence-corrected chi connectivity index (χ4v) is 1.51. The van der Waals surface area contributed by atoms with E-state index >= 15 is 0 Å². The summed E-state index contributed by atoms with van der Waals surface area (Å²) >= 11 is 5.80. The quantitative estimate of drug-likeness (QED) is 0.829. The second-order valence-electron chi connectivity index (χ2n) is 3.83. The number of benzene rings is 1. The van der Waals surface area contributed by atoms with E-state index < -0.39 is 0 Å². The summed E-state index contributed by atoms with van der Waals surface area (Å²) in [4.78, 5) is 2.08. The van der Waals surface area contributed by atoms with Crippen molar-refractivity contribution < 1.29 is 0 Å². The number of hydrogen-bond acceptors (Lipinski definition) is 2. The predicted molar refractivity (Wildman–Crippen MR) is 70.2 cm³/mol. The molecule has 1 unspecified atom stereocenters. The lowest BCUT2D eigenvalue weighted by molar-refractivity contribution is 0.393. The Bertz CT molecular complexity index is 341. The van der Waals surface area contributed by atoms with Crippen molar-refractivity contribution in [1.82, 2.24) is 4.90 Å². The van der Waals surface area contributed by atoms with Crippen molar-refractivity contribution in [2.75, 3.05) is 20.6 Å². The van der Waals surface area contributed by atoms with Crippen LogP contribution in [0.2, 0.25) is 5.02 Å². The third-order valence-corrected chi connectivity index (χ3v) is 2.55. The Morgan fingerprint density at radius 1 is 1.31 bits per heavy atom. The van der Waals surface area contributed by atoms with Crippen LogP contribution in [0.4, 0.5) is 0 Å². The van der Waals surface area contributed by atoms with E-state index in [4.69, 9.17) is 16.9 Å². The monoisotopic (exact) mass is 258 g/mol. The molecule has 0 aliphatic carbocycles. The highest BCUT2D eigenvalue weighted by Crippen LogP contribution is 2.20. The summed E-state index contributed by atoms with van der Waals surface area (Å²) in [6, 6.07) is 9.83. The van der Waals surface area contributed by atoms with Crippen molar-refractivity contribution in [3.63, 3.8) is 0 Å². The molecule has 2 nitrogen and oxygen atoms in total. The topological polar surface area (TPSA) is 27.0 Å². The maximum atomic E-state index is 9.06. The molecule has 0 saturated carbocycles. The van der Waals surface area contributed by atoms with Gasteiger partial charge >= 0.3 is 0 Å². The molecule has 16 heavy (non-hydrogen) atoms. The fourth-order valence-electron chi connectivity index (χ4n) is 1.39. The Balaban J connectivity index is 0.00000225. The zero-order chi connectivity index (χ0) is 11.3. The average molecular weight is 259 g/mol. The summed E-state index contributed by atoms with van der Waals surface area (Å²) in [6.07, 6.45) is 0.852. The summed E-state index contributed by atoms with van der Waals surface area (Å²) < 4.78 is 0. The molecule has 0 N–H and O–H groups in total. The maximum absolute atomic E-state index is 9.06. The van der Waals surface area contributed by atoms with Crippen molar-refractivity contribution >= 4 is 24.0 Å². The van der Waals surface area contributed by atoms with Gasteiger partial charge in [0.05, 0.1) is 12.0 Å². The van der Waals surface area contributed by atoms with Gasteiger partial charge in [-0.1, -0.05) is 23.7 Å². The number of hydrogen-bond donors (Lipinski definition) is 0. The van der Waals surface area contributed by atoms with Gasteiger partial charge in [-0.3, -0.25) is 0 Å². The van der Waals surface area contributed by atoms with Crippen molar-refractivity contribution in [3.8, 4) is 6.07 Å². The third-order valence-electron chi connectivity index (χ3n) is 2.29. The van der Waals surface area contributed by atoms with E-state index in [2.05, 4.69) is 11.0 Å². The number of halogens is 2. The van der Waals surface area contributed by atoms with Gasteiger partial charge in [-0.05, 0) is 44.8 Å². The Labute approximate surface area is 108 Å². The molecule has 4 heteroatoms. The van der Waals surface area contributed by atoms with Crippen LogP contribution in [0.1, 0.15) is 17.9 Å². The van der Waals surface area contributed by atoms with Crippen LogP contribution in [0, 0.1) is 11.3 Å². The minimum absolute atomic E-state index is 0. The van der Waals surface area contributed by atoms with Crippen LogP contribution >= 0.6 is 24.0 Å². The molecule has 1 aromatic rings. The van der Waals surface area contributed by atoms with E-state index in [-0.39, 0.29) is 18.3 Å². The van der Waals surface area contributed by atoms with Gasteiger partial charge in [-0.15, -0.1) is 12.4 Å². The Kier molecular flexibility index (Phi) is 7.16. The van der Waals surface area contributed by atoms with Crippen molar-refractivity contribution in [2.24, 2.45) is 0 Å². The molecule has 0 radical (unpaired) electrons. The van der Waals surface area contributed by atoms with E-state index in [1.807, 2.05) is 38.4 Å². The first kappa shape index (κ1) is 15.2. The predicted octanol–water partition coefficient (Wildman–Crippen LogP) is 3.32. The SMILES string of the molecule is CN(C)CCC(C#N)c1ccc(Cl)cc1.Cl. The zero-order valence-corrected chi connectivity index (χ0v) is 11.1. The lowest BCUT2D eigenvalue weighted by Gasteiger charge is -2.13. The van der Waals surface area contributed by atoms with Gasteiger partial charge in [0.2, 0.25) is 0 Å². The summed E-state index contributed by atoms with van der Waals surface area (Å²) in [5.74, 6) is -0.0373. The molecule has 1 aromatic carbocycles. The molecule has 0 aromatic heterocycles. The van der Waals surface area contributed by atoms with Crippen LogP contribution in [0.25, 0.3) is 0 Å². The minimum atomic E-state index is -0.0373. The molecular weight excluding hydrogens is 243 g/mol. The molecule has 0 spiro atoms. The van der Waals surface area contributed by atoms with E-state index in [0.29, 0.717) is 5.02 Å². The lowest BCUT2D eigenvalue weighted by Crippen LogP contribution is -2.15. The van der Waals surface area contributed by atoms with E-state index in [1.54, 1.807) is 0 Å². The first-order valence-electron chi connectivity index (χ1n) is 4.93. The van der Waals surface area contributed by atoms with Gasteiger partial charge in [0.15, 0.2) is 0 Å². The Morgan fingerprint density at radius 3 is 2.31 bits per heavy atom. The fraction of sp³-hybridized carbons (Fsp3) is 0.417. The van der Waals surface area contributed by atoms with Gasteiger partial charge in [0.25, 0.3) is 0 Å². The average Bonchev–Trinajstić information content (AvgIpc) is 2.21. The van der Waals surface area contributed by atoms with Gasteiger partial charge in [0.1, 0.15) is 0 Å². The normalized spacial score (nSPS) is 11.7. The van der Waals surface area contributed by atoms with Crippen molar-refractivity contribution in [1.29, 1.82) is 5.26 Å². The summed E-state index contributed by atoms with van der Waals surface area (Å²) in [5, 5.41) is 9.77. The number of nitriles is 1. The number of rotatable bonds is 4. The zero-order valence-electron chi connectivity index (χ0n) is 9.48. The summed E-state index contributed by atoms with van der Waals surface area (Å²) in [7, 11) is 4.02. The summed E-state index contributed by atoms with van der Waals surface area (Å²) in [6.45, 7) is 0.918. The van der Waals surface area contributed by atoms with Crippen molar-refractivity contribution in [2.45, 2.75) is 12.3 Å². The van der Waals surface area contributed by atoms with Crippen LogP contribution in [-0.2, 0) is 0 Å². The van der Waals surface area contributed by atoms with E-state index in [1.165, 1.54) is 0 Å². The van der Waals surface area contributed by atoms with Crippen molar-refractivity contribution in [3.05, 3.63) is 34.9 Å². The second kappa shape index (κ2) is 7.51. The van der Waals surface area contributed by atoms with E-state index in [0.717, 1.165) is 18.5 Å². The number of nitrogens with zero attached hydrogens (tertiary/aromatic N) is 2. The molecule has 1 atom stereocenters. The molecular formula is C12H16Cl2N2. The van der Waals surface area contributed by atoms with Crippen LogP contribution in [0.3, 0.4) is 0 Å². The third kappa shape index (κ3) is 4.85. The lowest BCUT2D eigenvalue weighted by atomic mass is 9.97. The molecule has 0 aliphatic heterocycles. The first-order chi connectivity index (χ1) is 7.13. The molecule has 0 saturated heterocycles. The molecule has 0 fully saturated rings. The molecule has 0 amide bonds. The van der Waals surface area contributed by atoms with Crippen LogP contribution in [0.15, 0.2) is 24.3 Å². The molecule has 88 valence electrons. The highest BCUT2D eigenvalue weighted by atomic mass is 35.5. The van der Waals surface area contributed by atoms with Gasteiger partial charge < -0.3 is 4.90 Å². The highest BCUT2D eigenvalue weighted by Gasteiger charge is 2.10. The second-order valence-corrected chi connectivity index (χ2v) is 4.26. The highest BCUT2D eigenvalue weighted by molar-refractivity contribution is 6.30. The molecule has 0 heterocycles. The van der Waals surface area contributed by atoms with Crippen LogP contribution in [0.5, 0.6) is 0 Å². The first-order valence-corrected chi connectivity index (χ1v) is 5.31. The maximum Gasteiger partial charge on any atom is 0.0724 e. The van der Waals surface area contributed by atoms with Gasteiger partial charge in [-0.2, -0.15) is 5.26 Å². The van der Waals surface area contributed by atoms with Crippen LogP contribution < -0.4 is 0 Å². The van der Waals surface area contributed by atoms with Gasteiger partial charge in [0, 0.05) is 5.02 Å². The molecule has 1 rings (SSSR count). The standard InChI is InChI=1S/C12H15ClN2.ClH/c1-15(2)8-7-11(9-14)10-3-5-12(13)6-4-10;/h3-6,11H,7-8H2,1-2H3;1H. The van der Waals surface area contributed by atoms with E-state index in [9.17, 15) is 0 Å². The minimum Gasteiger partial charge on any atom is -0.309 e.